The molecule has 18 heavy (non-hydrogen) atoms. The summed E-state index contributed by atoms with van der Waals surface area (Å²) in [7, 11) is 0. The molecule has 7 heteroatoms. The molecule has 1 amide bonds. The van der Waals surface area contributed by atoms with Crippen molar-refractivity contribution in [3.8, 4) is 0 Å². The highest BCUT2D eigenvalue weighted by molar-refractivity contribution is 7.99. The zero-order chi connectivity index (χ0) is 13.3. The van der Waals surface area contributed by atoms with Crippen LogP contribution in [0, 0.1) is 0 Å². The second kappa shape index (κ2) is 5.38. The smallest absolute Gasteiger partial charge is 0.327 e. The molecule has 1 aromatic carbocycles. The molecule has 0 aliphatic carbocycles. The zero-order valence-electron chi connectivity index (χ0n) is 9.10. The fourth-order valence-electron chi connectivity index (χ4n) is 1.64. The summed E-state index contributed by atoms with van der Waals surface area (Å²) >= 11 is 13.0. The highest BCUT2D eigenvalue weighted by Gasteiger charge is 2.35. The summed E-state index contributed by atoms with van der Waals surface area (Å²) < 4.78 is 0. The molecule has 1 fully saturated rings. The van der Waals surface area contributed by atoms with E-state index < -0.39 is 12.0 Å². The van der Waals surface area contributed by atoms with Crippen LogP contribution < -0.4 is 0 Å². The topological polar surface area (TPSA) is 57.6 Å². The van der Waals surface area contributed by atoms with Gasteiger partial charge in [-0.3, -0.25) is 4.79 Å². The summed E-state index contributed by atoms with van der Waals surface area (Å²) in [6, 6.07) is 3.74. The van der Waals surface area contributed by atoms with Crippen LogP contribution in [-0.4, -0.2) is 39.6 Å². The third-order valence-corrected chi connectivity index (χ3v) is 4.35. The van der Waals surface area contributed by atoms with Crippen molar-refractivity contribution in [3.05, 3.63) is 33.8 Å². The SMILES string of the molecule is O=C(O)[C@@H]1CSCN1C(=O)c1ccc(Cl)c(Cl)c1. The number of thioether (sulfide) groups is 1. The van der Waals surface area contributed by atoms with Crippen LogP contribution in [0.1, 0.15) is 10.4 Å². The second-order valence-electron chi connectivity index (χ2n) is 3.76. The zero-order valence-corrected chi connectivity index (χ0v) is 11.4. The van der Waals surface area contributed by atoms with Gasteiger partial charge < -0.3 is 10.0 Å². The Bertz CT molecular complexity index is 509. The Morgan fingerprint density at radius 1 is 1.33 bits per heavy atom. The number of halogens is 2. The molecule has 2 rings (SSSR count). The number of carbonyl (C=O) groups excluding carboxylic acids is 1. The number of carboxylic acid groups (broad SMARTS) is 1. The lowest BCUT2D eigenvalue weighted by atomic mass is 10.2. The average molecular weight is 306 g/mol. The van der Waals surface area contributed by atoms with Gasteiger partial charge in [-0.2, -0.15) is 0 Å². The van der Waals surface area contributed by atoms with E-state index in [1.807, 2.05) is 0 Å². The van der Waals surface area contributed by atoms with Gasteiger partial charge in [0.15, 0.2) is 0 Å². The number of benzene rings is 1. The summed E-state index contributed by atoms with van der Waals surface area (Å²) in [6.07, 6.45) is 0. The maximum Gasteiger partial charge on any atom is 0.327 e. The average Bonchev–Trinajstić information content (AvgIpc) is 2.81. The molecule has 1 N–H and O–H groups in total. The maximum atomic E-state index is 12.2. The molecule has 1 aromatic rings. The number of carbonyl (C=O) groups is 2. The monoisotopic (exact) mass is 305 g/mol. The van der Waals surface area contributed by atoms with Gasteiger partial charge in [-0.25, -0.2) is 4.79 Å². The number of amides is 1. The van der Waals surface area contributed by atoms with E-state index >= 15 is 0 Å². The number of rotatable bonds is 2. The number of hydrogen-bond donors (Lipinski definition) is 1. The van der Waals surface area contributed by atoms with E-state index in [-0.39, 0.29) is 10.9 Å². The number of aliphatic carboxylic acids is 1. The Morgan fingerprint density at radius 2 is 2.06 bits per heavy atom. The molecule has 96 valence electrons. The molecule has 0 saturated carbocycles. The van der Waals surface area contributed by atoms with Crippen LogP contribution in [0.2, 0.25) is 10.0 Å². The van der Waals surface area contributed by atoms with Crippen molar-refractivity contribution >= 4 is 46.8 Å². The van der Waals surface area contributed by atoms with E-state index in [9.17, 15) is 9.59 Å². The van der Waals surface area contributed by atoms with Crippen molar-refractivity contribution in [3.63, 3.8) is 0 Å². The van der Waals surface area contributed by atoms with Gasteiger partial charge in [0.1, 0.15) is 6.04 Å². The van der Waals surface area contributed by atoms with Crippen LogP contribution in [0.15, 0.2) is 18.2 Å². The van der Waals surface area contributed by atoms with E-state index in [0.29, 0.717) is 22.2 Å². The molecule has 0 bridgehead atoms. The normalized spacial score (nSPS) is 19.0. The van der Waals surface area contributed by atoms with E-state index in [1.165, 1.54) is 28.8 Å². The lowest BCUT2D eigenvalue weighted by Gasteiger charge is -2.20. The molecule has 0 unspecified atom stereocenters. The van der Waals surface area contributed by atoms with E-state index in [4.69, 9.17) is 28.3 Å². The molecular weight excluding hydrogens is 297 g/mol. The van der Waals surface area contributed by atoms with Crippen molar-refractivity contribution in [1.29, 1.82) is 0 Å². The largest absolute Gasteiger partial charge is 0.480 e. The summed E-state index contributed by atoms with van der Waals surface area (Å²) in [5, 5.41) is 9.66. The third-order valence-electron chi connectivity index (χ3n) is 2.59. The molecule has 0 aromatic heterocycles. The standard InChI is InChI=1S/C11H9Cl2NO3S/c12-7-2-1-6(3-8(7)13)10(15)14-5-18-4-9(14)11(16)17/h1-3,9H,4-5H2,(H,16,17)/t9-/m0/s1. The molecule has 1 aliphatic heterocycles. The fourth-order valence-corrected chi connectivity index (χ4v) is 3.09. The lowest BCUT2D eigenvalue weighted by molar-refractivity contribution is -0.140. The molecule has 0 radical (unpaired) electrons. The van der Waals surface area contributed by atoms with Crippen LogP contribution in [-0.2, 0) is 4.79 Å². The van der Waals surface area contributed by atoms with Crippen LogP contribution in [0.4, 0.5) is 0 Å². The number of nitrogens with zero attached hydrogens (tertiary/aromatic N) is 1. The second-order valence-corrected chi connectivity index (χ2v) is 5.57. The molecule has 1 heterocycles. The Kier molecular flexibility index (Phi) is 4.04. The molecule has 4 nitrogen and oxygen atoms in total. The van der Waals surface area contributed by atoms with E-state index in [1.54, 1.807) is 6.07 Å². The quantitative estimate of drug-likeness (QED) is 0.912. The number of hydrogen-bond acceptors (Lipinski definition) is 3. The van der Waals surface area contributed by atoms with E-state index in [2.05, 4.69) is 0 Å². The van der Waals surface area contributed by atoms with E-state index in [0.717, 1.165) is 0 Å². The molecule has 1 atom stereocenters. The minimum absolute atomic E-state index is 0.279. The van der Waals surface area contributed by atoms with Crippen LogP contribution in [0.5, 0.6) is 0 Å². The molecular formula is C11H9Cl2NO3S. The third kappa shape index (κ3) is 2.58. The summed E-state index contributed by atoms with van der Waals surface area (Å²) in [5.41, 5.74) is 0.346. The van der Waals surface area contributed by atoms with Crippen LogP contribution in [0.3, 0.4) is 0 Å². The van der Waals surface area contributed by atoms with Gasteiger partial charge in [0.25, 0.3) is 5.91 Å². The Hall–Kier alpha value is -0.910. The lowest BCUT2D eigenvalue weighted by Crippen LogP contribution is -2.41. The number of carboxylic acids is 1. The van der Waals surface area contributed by atoms with Crippen LogP contribution >= 0.6 is 35.0 Å². The summed E-state index contributed by atoms with van der Waals surface area (Å²) in [6.45, 7) is 0. The van der Waals surface area contributed by atoms with Gasteiger partial charge in [0.2, 0.25) is 0 Å². The Labute approximate surface area is 118 Å². The predicted molar refractivity (Wildman–Crippen MR) is 71.4 cm³/mol. The highest BCUT2D eigenvalue weighted by Crippen LogP contribution is 2.27. The van der Waals surface area contributed by atoms with Crippen molar-refractivity contribution in [2.75, 3.05) is 11.6 Å². The molecule has 1 saturated heterocycles. The Balaban J connectivity index is 2.25. The van der Waals surface area contributed by atoms with Crippen molar-refractivity contribution in [1.82, 2.24) is 4.90 Å². The first-order chi connectivity index (χ1) is 8.50. The van der Waals surface area contributed by atoms with Gasteiger partial charge >= 0.3 is 5.97 Å². The van der Waals surface area contributed by atoms with Gasteiger partial charge in [-0.05, 0) is 18.2 Å². The van der Waals surface area contributed by atoms with Gasteiger partial charge in [0.05, 0.1) is 15.9 Å². The van der Waals surface area contributed by atoms with Crippen molar-refractivity contribution in [2.45, 2.75) is 6.04 Å². The first kappa shape index (κ1) is 13.5. The molecule has 0 spiro atoms. The Morgan fingerprint density at radius 3 is 2.67 bits per heavy atom. The first-order valence-corrected chi connectivity index (χ1v) is 6.98. The van der Waals surface area contributed by atoms with Crippen molar-refractivity contribution in [2.24, 2.45) is 0 Å². The van der Waals surface area contributed by atoms with Crippen LogP contribution in [0.25, 0.3) is 0 Å². The summed E-state index contributed by atoms with van der Waals surface area (Å²) in [4.78, 5) is 24.5. The maximum absolute atomic E-state index is 12.2. The predicted octanol–water partition coefficient (Wildman–Crippen LogP) is 2.59. The minimum atomic E-state index is -0.992. The van der Waals surface area contributed by atoms with Gasteiger partial charge in [-0.1, -0.05) is 23.2 Å². The highest BCUT2D eigenvalue weighted by atomic mass is 35.5. The van der Waals surface area contributed by atoms with Crippen molar-refractivity contribution < 1.29 is 14.7 Å². The van der Waals surface area contributed by atoms with Gasteiger partial charge in [-0.15, -0.1) is 11.8 Å². The van der Waals surface area contributed by atoms with Gasteiger partial charge in [0, 0.05) is 11.3 Å². The summed E-state index contributed by atoms with van der Waals surface area (Å²) in [5.74, 6) is -0.558. The minimum Gasteiger partial charge on any atom is -0.480 e. The molecule has 1 aliphatic rings. The first-order valence-electron chi connectivity index (χ1n) is 5.07. The fraction of sp³-hybridized carbons (Fsp3) is 0.273.